The summed E-state index contributed by atoms with van der Waals surface area (Å²) in [4.78, 5) is 21.9. The second kappa shape index (κ2) is 9.09. The fraction of sp³-hybridized carbons (Fsp3) is 0.348. The minimum atomic E-state index is -1.36. The summed E-state index contributed by atoms with van der Waals surface area (Å²) >= 11 is 12.1. The van der Waals surface area contributed by atoms with Crippen LogP contribution in [0.2, 0.25) is 10.0 Å². The predicted octanol–water partition coefficient (Wildman–Crippen LogP) is 3.69. The quantitative estimate of drug-likeness (QED) is 0.685. The molecule has 0 radical (unpaired) electrons. The molecule has 3 N–H and O–H groups in total. The van der Waals surface area contributed by atoms with Crippen LogP contribution in [0.4, 0.5) is 0 Å². The van der Waals surface area contributed by atoms with E-state index in [4.69, 9.17) is 38.7 Å². The molecule has 3 rings (SSSR count). The molecule has 1 heterocycles. The van der Waals surface area contributed by atoms with Crippen LogP contribution in [0.1, 0.15) is 31.9 Å². The Morgan fingerprint density at radius 3 is 1.94 bits per heavy atom. The van der Waals surface area contributed by atoms with Crippen molar-refractivity contribution in [3.63, 3.8) is 0 Å². The van der Waals surface area contributed by atoms with Crippen LogP contribution in [-0.2, 0) is 9.53 Å². The molecule has 0 fully saturated rings. The number of benzene rings is 2. The maximum Gasteiger partial charge on any atom is 0.244 e. The average Bonchev–Trinajstić information content (AvgIpc) is 2.72. The fourth-order valence-corrected chi connectivity index (χ4v) is 3.48. The van der Waals surface area contributed by atoms with Crippen LogP contribution >= 0.6 is 23.2 Å². The number of rotatable bonds is 6. The van der Waals surface area contributed by atoms with Crippen molar-refractivity contribution in [2.75, 3.05) is 13.2 Å². The number of halogens is 2. The van der Waals surface area contributed by atoms with Gasteiger partial charge in [0.2, 0.25) is 5.91 Å². The Hall–Kier alpha value is -2.25. The van der Waals surface area contributed by atoms with Crippen molar-refractivity contribution >= 4 is 40.5 Å². The largest absolute Gasteiger partial charge is 0.394 e. The van der Waals surface area contributed by atoms with E-state index in [0.29, 0.717) is 27.0 Å². The molecule has 2 unspecified atom stereocenters. The molecular weight excluding hydrogens is 437 g/mol. The molecule has 31 heavy (non-hydrogen) atoms. The first-order valence-corrected chi connectivity index (χ1v) is 10.5. The molecule has 0 spiro atoms. The van der Waals surface area contributed by atoms with Gasteiger partial charge in [-0.15, -0.1) is 0 Å². The molecule has 164 valence electrons. The number of amides is 1. The van der Waals surface area contributed by atoms with Crippen molar-refractivity contribution in [2.45, 2.75) is 38.0 Å². The van der Waals surface area contributed by atoms with Gasteiger partial charge in [0.1, 0.15) is 5.54 Å². The van der Waals surface area contributed by atoms with E-state index in [-0.39, 0.29) is 6.61 Å². The van der Waals surface area contributed by atoms with Gasteiger partial charge in [0, 0.05) is 21.2 Å². The summed E-state index contributed by atoms with van der Waals surface area (Å²) in [7, 11) is 0. The number of aliphatic hydroxyl groups excluding tert-OH is 1. The van der Waals surface area contributed by atoms with E-state index in [0.717, 1.165) is 5.56 Å². The van der Waals surface area contributed by atoms with Gasteiger partial charge in [0.25, 0.3) is 0 Å². The highest BCUT2D eigenvalue weighted by atomic mass is 35.5. The number of ether oxygens (including phenoxy) is 1. The van der Waals surface area contributed by atoms with Crippen LogP contribution in [0.25, 0.3) is 0 Å². The van der Waals surface area contributed by atoms with Gasteiger partial charge in [0.05, 0.1) is 30.2 Å². The number of hydrogen-bond donors (Lipinski definition) is 2. The average molecular weight is 462 g/mol. The Morgan fingerprint density at radius 2 is 1.52 bits per heavy atom. The smallest absolute Gasteiger partial charge is 0.244 e. The summed E-state index contributed by atoms with van der Waals surface area (Å²) in [6, 6.07) is 13.0. The lowest BCUT2D eigenvalue weighted by Gasteiger charge is -2.38. The van der Waals surface area contributed by atoms with Crippen molar-refractivity contribution in [1.29, 1.82) is 0 Å². The van der Waals surface area contributed by atoms with Gasteiger partial charge < -0.3 is 15.6 Å². The molecule has 1 amide bonds. The number of hydrogen-bond acceptors (Lipinski definition) is 5. The van der Waals surface area contributed by atoms with E-state index in [1.54, 1.807) is 36.4 Å². The number of primary amides is 1. The standard InChI is InChI=1S/C23H25Cl2N3O3/c1-22(2,3)31-13-23(12-29)20(21(26)30)27-18(14-4-8-16(24)9-5-14)19(28-23)15-6-10-17(25)11-7-15/h4-11,20,29H,12-13H2,1-3H3,(H2,26,30). The molecule has 2 aromatic carbocycles. The number of aliphatic hydroxyl groups is 1. The van der Waals surface area contributed by atoms with Gasteiger partial charge in [-0.25, -0.2) is 0 Å². The highest BCUT2D eigenvalue weighted by Crippen LogP contribution is 2.30. The van der Waals surface area contributed by atoms with Crippen molar-refractivity contribution in [3.8, 4) is 0 Å². The zero-order valence-corrected chi connectivity index (χ0v) is 19.1. The highest BCUT2D eigenvalue weighted by Gasteiger charge is 2.47. The van der Waals surface area contributed by atoms with Gasteiger partial charge in [0.15, 0.2) is 6.04 Å². The molecule has 2 aromatic rings. The van der Waals surface area contributed by atoms with E-state index in [1.807, 2.05) is 32.9 Å². The van der Waals surface area contributed by atoms with E-state index in [9.17, 15) is 9.90 Å². The van der Waals surface area contributed by atoms with E-state index in [1.165, 1.54) is 0 Å². The molecule has 8 heteroatoms. The molecule has 0 aromatic heterocycles. The third-order valence-corrected chi connectivity index (χ3v) is 5.36. The summed E-state index contributed by atoms with van der Waals surface area (Å²) in [6.07, 6.45) is 0. The Kier molecular flexibility index (Phi) is 6.86. The molecular formula is C23H25Cl2N3O3. The molecule has 0 bridgehead atoms. The van der Waals surface area contributed by atoms with Crippen LogP contribution in [0.3, 0.4) is 0 Å². The van der Waals surface area contributed by atoms with Crippen LogP contribution in [0.15, 0.2) is 58.5 Å². The first-order valence-electron chi connectivity index (χ1n) is 9.79. The Labute approximate surface area is 191 Å². The molecule has 1 aliphatic rings. The molecule has 2 atom stereocenters. The molecule has 1 aliphatic heterocycles. The SMILES string of the molecule is CC(C)(C)OCC1(CO)N=C(c2ccc(Cl)cc2)C(c2ccc(Cl)cc2)=NC1C(N)=O. The van der Waals surface area contributed by atoms with Gasteiger partial charge in [-0.1, -0.05) is 47.5 Å². The summed E-state index contributed by atoms with van der Waals surface area (Å²) in [5, 5.41) is 11.5. The maximum absolute atomic E-state index is 12.4. The number of carbonyl (C=O) groups is 1. The number of nitrogens with zero attached hydrogens (tertiary/aromatic N) is 2. The summed E-state index contributed by atoms with van der Waals surface area (Å²) in [5.74, 6) is -0.697. The second-order valence-corrected chi connectivity index (χ2v) is 9.29. The van der Waals surface area contributed by atoms with Crippen LogP contribution in [0.5, 0.6) is 0 Å². The molecule has 0 aliphatic carbocycles. The van der Waals surface area contributed by atoms with Gasteiger partial charge >= 0.3 is 0 Å². The van der Waals surface area contributed by atoms with Gasteiger partial charge in [-0.2, -0.15) is 0 Å². The van der Waals surface area contributed by atoms with Gasteiger partial charge in [-0.05, 0) is 45.0 Å². The Balaban J connectivity index is 2.20. The minimum Gasteiger partial charge on any atom is -0.394 e. The first-order chi connectivity index (χ1) is 14.5. The first kappa shape index (κ1) is 23.4. The van der Waals surface area contributed by atoms with Crippen molar-refractivity contribution < 1.29 is 14.6 Å². The topological polar surface area (TPSA) is 97.3 Å². The molecule has 0 saturated heterocycles. The lowest BCUT2D eigenvalue weighted by atomic mass is 9.86. The molecule has 6 nitrogen and oxygen atoms in total. The zero-order chi connectivity index (χ0) is 22.8. The van der Waals surface area contributed by atoms with Crippen molar-refractivity contribution in [3.05, 3.63) is 69.7 Å². The van der Waals surface area contributed by atoms with Crippen LogP contribution in [0, 0.1) is 0 Å². The Morgan fingerprint density at radius 1 is 1.03 bits per heavy atom. The minimum absolute atomic E-state index is 0.0326. The van der Waals surface area contributed by atoms with E-state index < -0.39 is 29.7 Å². The molecule has 0 saturated carbocycles. The maximum atomic E-state index is 12.4. The van der Waals surface area contributed by atoms with E-state index >= 15 is 0 Å². The second-order valence-electron chi connectivity index (χ2n) is 8.42. The predicted molar refractivity (Wildman–Crippen MR) is 124 cm³/mol. The summed E-state index contributed by atoms with van der Waals surface area (Å²) in [6.45, 7) is 5.14. The highest BCUT2D eigenvalue weighted by molar-refractivity contribution is 6.54. The number of nitrogens with two attached hydrogens (primary N) is 1. The zero-order valence-electron chi connectivity index (χ0n) is 17.6. The summed E-state index contributed by atoms with van der Waals surface area (Å²) in [5.41, 5.74) is 6.26. The fourth-order valence-electron chi connectivity index (χ4n) is 3.22. The van der Waals surface area contributed by atoms with Crippen molar-refractivity contribution in [2.24, 2.45) is 15.7 Å². The Bertz CT molecular complexity index is 1010. The van der Waals surface area contributed by atoms with Crippen LogP contribution in [-0.4, -0.2) is 52.8 Å². The normalized spacial score (nSPS) is 21.4. The van der Waals surface area contributed by atoms with Crippen LogP contribution < -0.4 is 5.73 Å². The van der Waals surface area contributed by atoms with Gasteiger partial charge in [-0.3, -0.25) is 14.8 Å². The van der Waals surface area contributed by atoms with E-state index in [2.05, 4.69) is 4.99 Å². The monoisotopic (exact) mass is 461 g/mol. The third-order valence-electron chi connectivity index (χ3n) is 4.86. The number of carbonyl (C=O) groups excluding carboxylic acids is 1. The lowest BCUT2D eigenvalue weighted by molar-refractivity contribution is -0.123. The summed E-state index contributed by atoms with van der Waals surface area (Å²) < 4.78 is 5.92. The van der Waals surface area contributed by atoms with Crippen molar-refractivity contribution in [1.82, 2.24) is 0 Å². The lowest BCUT2D eigenvalue weighted by Crippen LogP contribution is -2.57. The number of aliphatic imine (C=N–C) groups is 2. The third kappa shape index (κ3) is 5.33.